The fourth-order valence-electron chi connectivity index (χ4n) is 3.76. The molecule has 1 aliphatic rings. The highest BCUT2D eigenvalue weighted by Crippen LogP contribution is 2.30. The highest BCUT2D eigenvalue weighted by atomic mass is 35.5. The van der Waals surface area contributed by atoms with Crippen molar-refractivity contribution < 1.29 is 19.4 Å². The minimum Gasteiger partial charge on any atom is -0.489 e. The van der Waals surface area contributed by atoms with Crippen LogP contribution in [0.25, 0.3) is 0 Å². The van der Waals surface area contributed by atoms with E-state index in [1.807, 2.05) is 45.0 Å². The Bertz CT molecular complexity index is 1470. The number of halogens is 1. The molecule has 10 nitrogen and oxygen atoms in total. The summed E-state index contributed by atoms with van der Waals surface area (Å²) in [6.45, 7) is 5.33. The molecule has 0 unspecified atom stereocenters. The summed E-state index contributed by atoms with van der Waals surface area (Å²) in [6.07, 6.45) is -0.0685. The van der Waals surface area contributed by atoms with Gasteiger partial charge in [0.2, 0.25) is 5.62 Å². The molecule has 11 heteroatoms. The lowest BCUT2D eigenvalue weighted by molar-refractivity contribution is -0.182. The fraction of sp³-hybridized carbons (Fsp3) is 0.360. The summed E-state index contributed by atoms with van der Waals surface area (Å²) in [6, 6.07) is 12.5. The molecular formula is C25H27ClN4O6. The highest BCUT2D eigenvalue weighted by Gasteiger charge is 2.47. The number of carboxylic acid groups (broad SMARTS) is 1. The second-order valence-corrected chi connectivity index (χ2v) is 9.57. The Morgan fingerprint density at radius 2 is 1.89 bits per heavy atom. The van der Waals surface area contributed by atoms with Gasteiger partial charge < -0.3 is 14.6 Å². The van der Waals surface area contributed by atoms with Gasteiger partial charge in [-0.3, -0.25) is 14.3 Å². The van der Waals surface area contributed by atoms with Gasteiger partial charge in [0.1, 0.15) is 11.2 Å². The number of nitrogens with one attached hydrogen (secondary N) is 1. The molecule has 0 saturated carbocycles. The zero-order valence-electron chi connectivity index (χ0n) is 20.2. The monoisotopic (exact) mass is 514 g/mol. The van der Waals surface area contributed by atoms with Crippen LogP contribution in [0, 0.1) is 12.3 Å². The number of benzene rings is 2. The van der Waals surface area contributed by atoms with E-state index in [4.69, 9.17) is 21.1 Å². The van der Waals surface area contributed by atoms with Crippen LogP contribution in [0.15, 0.2) is 57.0 Å². The maximum absolute atomic E-state index is 13.5. The number of ether oxygens (including phenoxy) is 2. The maximum atomic E-state index is 13.5. The number of aromatic nitrogens is 3. The largest absolute Gasteiger partial charge is 0.489 e. The number of nitrogens with zero attached hydrogens (tertiary/aromatic N) is 3. The van der Waals surface area contributed by atoms with Gasteiger partial charge >= 0.3 is 17.3 Å². The predicted molar refractivity (Wildman–Crippen MR) is 133 cm³/mol. The lowest BCUT2D eigenvalue weighted by Crippen LogP contribution is -2.58. The minimum atomic E-state index is -1.34. The third-order valence-electron chi connectivity index (χ3n) is 5.83. The first-order valence-corrected chi connectivity index (χ1v) is 11.8. The Morgan fingerprint density at radius 1 is 1.19 bits per heavy atom. The quantitative estimate of drug-likeness (QED) is 0.475. The van der Waals surface area contributed by atoms with E-state index in [1.165, 1.54) is 4.57 Å². The number of hydrogen-bond donors (Lipinski definition) is 2. The van der Waals surface area contributed by atoms with E-state index in [2.05, 4.69) is 9.98 Å². The Morgan fingerprint density at radius 3 is 2.44 bits per heavy atom. The van der Waals surface area contributed by atoms with Crippen LogP contribution in [-0.4, -0.2) is 44.5 Å². The Balaban J connectivity index is 1.84. The number of H-pyrrole nitrogens is 1. The molecular weight excluding hydrogens is 488 g/mol. The van der Waals surface area contributed by atoms with Crippen LogP contribution in [0.2, 0.25) is 5.02 Å². The number of aromatic amines is 1. The lowest BCUT2D eigenvalue weighted by Gasteiger charge is -2.37. The van der Waals surface area contributed by atoms with Crippen LogP contribution >= 0.6 is 11.6 Å². The van der Waals surface area contributed by atoms with Gasteiger partial charge in [0.15, 0.2) is 0 Å². The molecule has 2 heterocycles. The average molecular weight is 515 g/mol. The molecule has 1 saturated heterocycles. The molecule has 190 valence electrons. The lowest BCUT2D eigenvalue weighted by atomic mass is 9.86. The smallest absolute Gasteiger partial charge is 0.335 e. The third kappa shape index (κ3) is 5.29. The summed E-state index contributed by atoms with van der Waals surface area (Å²) in [5.74, 6) is -0.638. The molecule has 0 spiro atoms. The number of aryl methyl sites for hydroxylation is 1. The summed E-state index contributed by atoms with van der Waals surface area (Å²) >= 11 is 6.34. The van der Waals surface area contributed by atoms with Crippen LogP contribution in [0.3, 0.4) is 0 Å². The molecule has 0 bridgehead atoms. The van der Waals surface area contributed by atoms with E-state index < -0.39 is 22.8 Å². The molecule has 0 atom stereocenters. The van der Waals surface area contributed by atoms with Crippen molar-refractivity contribution in [2.24, 2.45) is 10.4 Å². The Hall–Kier alpha value is -3.63. The van der Waals surface area contributed by atoms with Gasteiger partial charge in [-0.1, -0.05) is 41.4 Å². The first kappa shape index (κ1) is 25.5. The summed E-state index contributed by atoms with van der Waals surface area (Å²) in [5, 5.41) is 9.99. The van der Waals surface area contributed by atoms with E-state index >= 15 is 0 Å². The van der Waals surface area contributed by atoms with Gasteiger partial charge in [0.25, 0.3) is 0 Å². The summed E-state index contributed by atoms with van der Waals surface area (Å²) in [4.78, 5) is 45.4. The van der Waals surface area contributed by atoms with Crippen molar-refractivity contribution in [3.05, 3.63) is 85.2 Å². The normalized spacial score (nSPS) is 15.1. The van der Waals surface area contributed by atoms with Crippen molar-refractivity contribution in [3.63, 3.8) is 0 Å². The van der Waals surface area contributed by atoms with Crippen LogP contribution < -0.4 is 21.7 Å². The number of carboxylic acids is 1. The van der Waals surface area contributed by atoms with Crippen molar-refractivity contribution in [3.8, 4) is 5.75 Å². The SMILES string of the molecule is Cc1ccc(Cn2c(=O)n(CC3(C(=O)O)COC3)c(=O)[nH]/c2=N\c2ccc(OC(C)C)c(Cl)c2)cc1. The predicted octanol–water partition coefficient (Wildman–Crippen LogP) is 2.47. The van der Waals surface area contributed by atoms with E-state index in [0.717, 1.165) is 15.7 Å². The minimum absolute atomic E-state index is 0.00431. The van der Waals surface area contributed by atoms with Crippen molar-refractivity contribution in [1.82, 2.24) is 14.1 Å². The van der Waals surface area contributed by atoms with Gasteiger partial charge in [-0.2, -0.15) is 0 Å². The van der Waals surface area contributed by atoms with Gasteiger partial charge in [-0.05, 0) is 44.5 Å². The van der Waals surface area contributed by atoms with Crippen LogP contribution in [-0.2, 0) is 22.6 Å². The van der Waals surface area contributed by atoms with Gasteiger partial charge in [0, 0.05) is 0 Å². The highest BCUT2D eigenvalue weighted by molar-refractivity contribution is 6.32. The second-order valence-electron chi connectivity index (χ2n) is 9.17. The average Bonchev–Trinajstić information content (AvgIpc) is 2.78. The van der Waals surface area contributed by atoms with Crippen molar-refractivity contribution in [2.75, 3.05) is 13.2 Å². The molecule has 1 aliphatic heterocycles. The molecule has 1 fully saturated rings. The molecule has 1 aromatic heterocycles. The standard InChI is InChI=1S/C25H27ClN4O6/c1-15(2)36-20-9-8-18(10-19(20)26)27-22-28-23(33)30(12-25(21(31)32)13-35-14-25)24(34)29(22)11-17-6-4-16(3)5-7-17/h4-10,15H,11-14H2,1-3H3,(H,31,32)(H,27,28,33). The topological polar surface area (TPSA) is 128 Å². The molecule has 0 radical (unpaired) electrons. The zero-order valence-corrected chi connectivity index (χ0v) is 20.9. The maximum Gasteiger partial charge on any atom is 0.335 e. The summed E-state index contributed by atoms with van der Waals surface area (Å²) in [5.41, 5.74) is -0.526. The number of rotatable bonds is 8. The molecule has 36 heavy (non-hydrogen) atoms. The van der Waals surface area contributed by atoms with E-state index in [0.29, 0.717) is 16.5 Å². The molecule has 4 rings (SSSR count). The third-order valence-corrected chi connectivity index (χ3v) is 6.12. The molecule has 0 amide bonds. The number of hydrogen-bond acceptors (Lipinski definition) is 6. The molecule has 2 N–H and O–H groups in total. The van der Waals surface area contributed by atoms with Gasteiger partial charge in [-0.15, -0.1) is 0 Å². The summed E-state index contributed by atoms with van der Waals surface area (Å²) in [7, 11) is 0. The van der Waals surface area contributed by atoms with Crippen LogP contribution in [0.5, 0.6) is 5.75 Å². The van der Waals surface area contributed by atoms with Crippen molar-refractivity contribution >= 4 is 23.3 Å². The zero-order chi connectivity index (χ0) is 26.0. The van der Waals surface area contributed by atoms with E-state index in [9.17, 15) is 19.5 Å². The van der Waals surface area contributed by atoms with Crippen molar-refractivity contribution in [2.45, 2.75) is 40.0 Å². The molecule has 2 aromatic carbocycles. The molecule has 3 aromatic rings. The number of carbonyl (C=O) groups is 1. The second kappa shape index (κ2) is 10.2. The van der Waals surface area contributed by atoms with Gasteiger partial charge in [-0.25, -0.2) is 19.1 Å². The first-order chi connectivity index (χ1) is 17.1. The number of aliphatic carboxylic acids is 1. The Kier molecular flexibility index (Phi) is 7.18. The molecule has 0 aliphatic carbocycles. The van der Waals surface area contributed by atoms with Crippen molar-refractivity contribution in [1.29, 1.82) is 0 Å². The Labute approximate surface area is 211 Å². The van der Waals surface area contributed by atoms with Gasteiger partial charge in [0.05, 0.1) is 43.1 Å². The summed E-state index contributed by atoms with van der Waals surface area (Å²) < 4.78 is 12.9. The fourth-order valence-corrected chi connectivity index (χ4v) is 3.98. The van der Waals surface area contributed by atoms with E-state index in [-0.39, 0.29) is 38.0 Å². The van der Waals surface area contributed by atoms with E-state index in [1.54, 1.807) is 18.2 Å². The van der Waals surface area contributed by atoms with Crippen LogP contribution in [0.4, 0.5) is 5.69 Å². The van der Waals surface area contributed by atoms with Crippen LogP contribution in [0.1, 0.15) is 25.0 Å². The first-order valence-electron chi connectivity index (χ1n) is 11.4.